The van der Waals surface area contributed by atoms with Gasteiger partial charge in [0.15, 0.2) is 11.5 Å². The fourth-order valence-electron chi connectivity index (χ4n) is 2.02. The highest BCUT2D eigenvalue weighted by Crippen LogP contribution is 2.34. The van der Waals surface area contributed by atoms with Crippen LogP contribution >= 0.6 is 11.8 Å². The molecule has 1 aromatic carbocycles. The van der Waals surface area contributed by atoms with Gasteiger partial charge in [0.25, 0.3) is 11.1 Å². The number of nitrogens with zero attached hydrogens (tertiary/aromatic N) is 1. The van der Waals surface area contributed by atoms with E-state index in [9.17, 15) is 14.4 Å². The zero-order valence-corrected chi connectivity index (χ0v) is 14.6. The smallest absolute Gasteiger partial charge is 0.325 e. The first-order chi connectivity index (χ1) is 12.0. The Morgan fingerprint density at radius 1 is 1.28 bits per heavy atom. The number of ether oxygens (including phenoxy) is 3. The first-order valence-corrected chi connectivity index (χ1v) is 8.05. The minimum atomic E-state index is -0.658. The first kappa shape index (κ1) is 18.6. The van der Waals surface area contributed by atoms with Crippen molar-refractivity contribution in [2.75, 3.05) is 27.4 Å². The molecule has 0 unspecified atom stereocenters. The van der Waals surface area contributed by atoms with E-state index in [1.54, 1.807) is 30.4 Å². The van der Waals surface area contributed by atoms with Gasteiger partial charge in [-0.1, -0.05) is 18.7 Å². The summed E-state index contributed by atoms with van der Waals surface area (Å²) in [4.78, 5) is 36.5. The van der Waals surface area contributed by atoms with E-state index in [2.05, 4.69) is 11.3 Å². The Balaban J connectivity index is 2.22. The lowest BCUT2D eigenvalue weighted by molar-refractivity contribution is -0.143. The molecule has 1 aliphatic heterocycles. The Morgan fingerprint density at radius 2 is 2.04 bits per heavy atom. The monoisotopic (exact) mass is 363 g/mol. The van der Waals surface area contributed by atoms with Crippen molar-refractivity contribution in [2.24, 2.45) is 0 Å². The summed E-state index contributed by atoms with van der Waals surface area (Å²) in [5.41, 5.74) is 0.659. The highest BCUT2D eigenvalue weighted by Gasteiger charge is 2.36. The van der Waals surface area contributed by atoms with Crippen LogP contribution in [-0.2, 0) is 14.3 Å². The third kappa shape index (κ3) is 4.42. The summed E-state index contributed by atoms with van der Waals surface area (Å²) in [5.74, 6) is -0.164. The number of methoxy groups -OCH3 is 2. The van der Waals surface area contributed by atoms with Crippen LogP contribution in [0, 0.1) is 0 Å². The van der Waals surface area contributed by atoms with Crippen LogP contribution in [0.1, 0.15) is 5.56 Å². The van der Waals surface area contributed by atoms with Gasteiger partial charge in [-0.05, 0) is 35.5 Å². The molecule has 8 heteroatoms. The van der Waals surface area contributed by atoms with Crippen molar-refractivity contribution in [3.05, 3.63) is 41.3 Å². The number of carbonyl (C=O) groups excluding carboxylic acids is 3. The lowest BCUT2D eigenvalue weighted by atomic mass is 10.2. The highest BCUT2D eigenvalue weighted by atomic mass is 32.2. The van der Waals surface area contributed by atoms with Crippen molar-refractivity contribution in [3.8, 4) is 11.5 Å². The Hall–Kier alpha value is -2.74. The molecule has 132 valence electrons. The maximum atomic E-state index is 12.3. The Bertz CT molecular complexity index is 743. The number of benzene rings is 1. The molecule has 2 rings (SSSR count). The molecule has 1 fully saturated rings. The molecule has 0 aliphatic carbocycles. The molecule has 0 radical (unpaired) electrons. The van der Waals surface area contributed by atoms with Crippen LogP contribution in [0.2, 0.25) is 0 Å². The number of imide groups is 1. The average molecular weight is 363 g/mol. The second kappa shape index (κ2) is 8.39. The van der Waals surface area contributed by atoms with Crippen LogP contribution in [0.5, 0.6) is 11.5 Å². The van der Waals surface area contributed by atoms with E-state index in [1.165, 1.54) is 14.2 Å². The maximum Gasteiger partial charge on any atom is 0.325 e. The van der Waals surface area contributed by atoms with Gasteiger partial charge >= 0.3 is 5.97 Å². The summed E-state index contributed by atoms with van der Waals surface area (Å²) in [6.45, 7) is 3.51. The minimum absolute atomic E-state index is 0.218. The van der Waals surface area contributed by atoms with Gasteiger partial charge in [0.1, 0.15) is 13.2 Å². The topological polar surface area (TPSA) is 82.1 Å². The zero-order valence-electron chi connectivity index (χ0n) is 13.8. The van der Waals surface area contributed by atoms with Crippen LogP contribution in [-0.4, -0.2) is 49.4 Å². The van der Waals surface area contributed by atoms with Crippen LogP contribution in [0.25, 0.3) is 6.08 Å². The number of esters is 1. The largest absolute Gasteiger partial charge is 0.493 e. The number of hydrogen-bond acceptors (Lipinski definition) is 7. The van der Waals surface area contributed by atoms with E-state index in [1.807, 2.05) is 0 Å². The van der Waals surface area contributed by atoms with Crippen molar-refractivity contribution in [1.82, 2.24) is 4.90 Å². The lowest BCUT2D eigenvalue weighted by Gasteiger charge is -2.10. The first-order valence-electron chi connectivity index (χ1n) is 7.24. The molecule has 0 bridgehead atoms. The Labute approximate surface area is 149 Å². The van der Waals surface area contributed by atoms with Gasteiger partial charge in [-0.3, -0.25) is 19.3 Å². The summed E-state index contributed by atoms with van der Waals surface area (Å²) in [6.07, 6.45) is 3.17. The number of carbonyl (C=O) groups is 3. The molecule has 1 aromatic rings. The molecule has 0 aromatic heterocycles. The lowest BCUT2D eigenvalue weighted by Crippen LogP contribution is -2.34. The molecule has 0 N–H and O–H groups in total. The van der Waals surface area contributed by atoms with Crippen molar-refractivity contribution in [3.63, 3.8) is 0 Å². The molecule has 1 heterocycles. The number of amides is 2. The van der Waals surface area contributed by atoms with E-state index >= 15 is 0 Å². The second-order valence-corrected chi connectivity index (χ2v) is 5.85. The van der Waals surface area contributed by atoms with Gasteiger partial charge < -0.3 is 14.2 Å². The predicted molar refractivity (Wildman–Crippen MR) is 93.4 cm³/mol. The fourth-order valence-corrected chi connectivity index (χ4v) is 2.86. The normalized spacial score (nSPS) is 15.4. The van der Waals surface area contributed by atoms with E-state index in [0.717, 1.165) is 16.7 Å². The summed E-state index contributed by atoms with van der Waals surface area (Å²) < 4.78 is 15.2. The zero-order chi connectivity index (χ0) is 18.4. The molecule has 2 amide bonds. The number of thioether (sulfide) groups is 1. The molecule has 0 saturated carbocycles. The van der Waals surface area contributed by atoms with Gasteiger partial charge in [0.2, 0.25) is 0 Å². The van der Waals surface area contributed by atoms with E-state index in [0.29, 0.717) is 23.7 Å². The summed E-state index contributed by atoms with van der Waals surface area (Å²) >= 11 is 0.766. The summed E-state index contributed by atoms with van der Waals surface area (Å²) in [5, 5.41) is -0.514. The van der Waals surface area contributed by atoms with E-state index < -0.39 is 23.7 Å². The molecule has 0 spiro atoms. The molecule has 1 aliphatic rings. The quantitative estimate of drug-likeness (QED) is 0.418. The van der Waals surface area contributed by atoms with Gasteiger partial charge in [0, 0.05) is 0 Å². The Kier molecular flexibility index (Phi) is 6.24. The molecule has 7 nitrogen and oxygen atoms in total. The van der Waals surface area contributed by atoms with Crippen LogP contribution < -0.4 is 9.47 Å². The van der Waals surface area contributed by atoms with E-state index in [-0.39, 0.29) is 4.91 Å². The number of rotatable bonds is 7. The van der Waals surface area contributed by atoms with Crippen LogP contribution in [0.4, 0.5) is 4.79 Å². The highest BCUT2D eigenvalue weighted by molar-refractivity contribution is 8.18. The second-order valence-electron chi connectivity index (χ2n) is 4.85. The van der Waals surface area contributed by atoms with Crippen molar-refractivity contribution >= 4 is 35.0 Å². The van der Waals surface area contributed by atoms with Crippen molar-refractivity contribution in [2.45, 2.75) is 0 Å². The third-order valence-corrected chi connectivity index (χ3v) is 4.14. The Morgan fingerprint density at radius 3 is 2.68 bits per heavy atom. The number of hydrogen-bond donors (Lipinski definition) is 0. The van der Waals surface area contributed by atoms with Crippen LogP contribution in [0.15, 0.2) is 35.8 Å². The van der Waals surface area contributed by atoms with Gasteiger partial charge in [-0.15, -0.1) is 0 Å². The molecular formula is C17H17NO6S. The predicted octanol–water partition coefficient (Wildman–Crippen LogP) is 2.47. The maximum absolute atomic E-state index is 12.3. The molecule has 25 heavy (non-hydrogen) atoms. The average Bonchev–Trinajstić information content (AvgIpc) is 2.87. The minimum Gasteiger partial charge on any atom is -0.493 e. The molecule has 1 saturated heterocycles. The molecule has 0 atom stereocenters. The summed E-state index contributed by atoms with van der Waals surface area (Å²) in [7, 11) is 2.70. The standard InChI is InChI=1S/C17H17NO6S/c1-4-7-24-12-6-5-11(8-13(12)22-2)9-14-16(20)18(17(21)25-14)10-15(19)23-3/h4-6,8-9H,1,7,10H2,2-3H3/b14-9+. The van der Waals surface area contributed by atoms with Gasteiger partial charge in [-0.25, -0.2) is 0 Å². The third-order valence-electron chi connectivity index (χ3n) is 3.23. The van der Waals surface area contributed by atoms with Crippen molar-refractivity contribution in [1.29, 1.82) is 0 Å². The van der Waals surface area contributed by atoms with E-state index in [4.69, 9.17) is 9.47 Å². The fraction of sp³-hybridized carbons (Fsp3) is 0.235. The SMILES string of the molecule is C=CCOc1ccc(/C=C2/SC(=O)N(CC(=O)OC)C2=O)cc1OC. The van der Waals surface area contributed by atoms with Crippen LogP contribution in [0.3, 0.4) is 0 Å². The van der Waals surface area contributed by atoms with Gasteiger partial charge in [-0.2, -0.15) is 0 Å². The van der Waals surface area contributed by atoms with Gasteiger partial charge in [0.05, 0.1) is 19.1 Å². The van der Waals surface area contributed by atoms with Crippen molar-refractivity contribution < 1.29 is 28.6 Å². The summed E-state index contributed by atoms with van der Waals surface area (Å²) in [6, 6.07) is 5.12. The molecular weight excluding hydrogens is 346 g/mol.